The van der Waals surface area contributed by atoms with Gasteiger partial charge in [0.05, 0.1) is 7.11 Å². The molecular formula is C22H29ClN2O. The van der Waals surface area contributed by atoms with Crippen molar-refractivity contribution >= 4 is 23.9 Å². The first-order valence-electron chi connectivity index (χ1n) is 9.19. The van der Waals surface area contributed by atoms with E-state index in [-0.39, 0.29) is 12.4 Å². The Balaban J connectivity index is 0.00000243. The lowest BCUT2D eigenvalue weighted by Crippen LogP contribution is -2.43. The van der Waals surface area contributed by atoms with E-state index in [0.29, 0.717) is 0 Å². The van der Waals surface area contributed by atoms with E-state index in [9.17, 15) is 0 Å². The minimum Gasteiger partial charge on any atom is -0.496 e. The summed E-state index contributed by atoms with van der Waals surface area (Å²) in [5, 5.41) is 3.42. The first kappa shape index (κ1) is 20.3. The number of halogens is 1. The van der Waals surface area contributed by atoms with Crippen LogP contribution in [0.3, 0.4) is 0 Å². The molecule has 1 aliphatic rings. The van der Waals surface area contributed by atoms with Gasteiger partial charge in [-0.2, -0.15) is 0 Å². The SMILES string of the molecule is CCc1cc(/C(=C/Cc2ccccc2)OC)ccc1N1CCNCC1.Cl. The van der Waals surface area contributed by atoms with Gasteiger partial charge in [0.25, 0.3) is 0 Å². The molecular weight excluding hydrogens is 344 g/mol. The zero-order valence-electron chi connectivity index (χ0n) is 15.7. The van der Waals surface area contributed by atoms with Gasteiger partial charge in [0, 0.05) is 37.4 Å². The van der Waals surface area contributed by atoms with Gasteiger partial charge in [-0.1, -0.05) is 37.3 Å². The van der Waals surface area contributed by atoms with Crippen LogP contribution in [0.2, 0.25) is 0 Å². The number of nitrogens with one attached hydrogen (secondary N) is 1. The molecule has 1 N–H and O–H groups in total. The average Bonchev–Trinajstić information content (AvgIpc) is 2.69. The average molecular weight is 373 g/mol. The van der Waals surface area contributed by atoms with Crippen molar-refractivity contribution in [3.8, 4) is 0 Å². The lowest BCUT2D eigenvalue weighted by atomic mass is 10.0. The van der Waals surface area contributed by atoms with Crippen LogP contribution in [-0.2, 0) is 17.6 Å². The van der Waals surface area contributed by atoms with Gasteiger partial charge in [-0.15, -0.1) is 12.4 Å². The molecule has 3 rings (SSSR count). The second kappa shape index (κ2) is 10.2. The second-order valence-corrected chi connectivity index (χ2v) is 6.40. The van der Waals surface area contributed by atoms with Crippen LogP contribution in [0.4, 0.5) is 5.69 Å². The first-order valence-corrected chi connectivity index (χ1v) is 9.19. The Bertz CT molecular complexity index is 709. The molecule has 3 nitrogen and oxygen atoms in total. The Morgan fingerprint density at radius 3 is 2.50 bits per heavy atom. The van der Waals surface area contributed by atoms with Gasteiger partial charge in [0.2, 0.25) is 0 Å². The van der Waals surface area contributed by atoms with E-state index in [2.05, 4.69) is 65.7 Å². The molecule has 0 saturated carbocycles. The maximum absolute atomic E-state index is 5.68. The van der Waals surface area contributed by atoms with Crippen LogP contribution >= 0.6 is 12.4 Å². The summed E-state index contributed by atoms with van der Waals surface area (Å²) in [4.78, 5) is 2.49. The standard InChI is InChI=1S/C22H28N2O.ClH/c1-3-19-17-20(10-11-21(19)24-15-13-23-14-16-24)22(25-2)12-9-18-7-5-4-6-8-18;/h4-8,10-12,17,23H,3,9,13-16H2,1-2H3;1H/b22-12-;. The van der Waals surface area contributed by atoms with E-state index in [1.54, 1.807) is 7.11 Å². The third kappa shape index (κ3) is 5.03. The van der Waals surface area contributed by atoms with Gasteiger partial charge < -0.3 is 15.0 Å². The molecule has 0 aliphatic carbocycles. The van der Waals surface area contributed by atoms with Gasteiger partial charge in [-0.25, -0.2) is 0 Å². The van der Waals surface area contributed by atoms with E-state index in [1.807, 2.05) is 6.07 Å². The van der Waals surface area contributed by atoms with Crippen LogP contribution in [-0.4, -0.2) is 33.3 Å². The zero-order valence-corrected chi connectivity index (χ0v) is 16.5. The Hall–Kier alpha value is -1.97. The van der Waals surface area contributed by atoms with Gasteiger partial charge in [-0.05, 0) is 48.2 Å². The molecule has 140 valence electrons. The highest BCUT2D eigenvalue weighted by molar-refractivity contribution is 5.85. The smallest absolute Gasteiger partial charge is 0.122 e. The summed E-state index contributed by atoms with van der Waals surface area (Å²) in [5.41, 5.74) is 5.22. The van der Waals surface area contributed by atoms with E-state index in [0.717, 1.165) is 50.3 Å². The molecule has 26 heavy (non-hydrogen) atoms. The highest BCUT2D eigenvalue weighted by Gasteiger charge is 2.14. The lowest BCUT2D eigenvalue weighted by molar-refractivity contribution is 0.369. The maximum Gasteiger partial charge on any atom is 0.122 e. The van der Waals surface area contributed by atoms with Crippen molar-refractivity contribution in [3.63, 3.8) is 0 Å². The number of hydrogen-bond donors (Lipinski definition) is 1. The quantitative estimate of drug-likeness (QED) is 0.764. The molecule has 0 radical (unpaired) electrons. The lowest BCUT2D eigenvalue weighted by Gasteiger charge is -2.31. The minimum atomic E-state index is 0. The van der Waals surface area contributed by atoms with Crippen molar-refractivity contribution in [2.45, 2.75) is 19.8 Å². The first-order chi connectivity index (χ1) is 12.3. The van der Waals surface area contributed by atoms with Crippen molar-refractivity contribution in [2.24, 2.45) is 0 Å². The third-order valence-corrected chi connectivity index (χ3v) is 4.79. The van der Waals surface area contributed by atoms with Crippen molar-refractivity contribution < 1.29 is 4.74 Å². The summed E-state index contributed by atoms with van der Waals surface area (Å²) in [6, 6.07) is 17.2. The number of hydrogen-bond acceptors (Lipinski definition) is 3. The fourth-order valence-electron chi connectivity index (χ4n) is 3.38. The van der Waals surface area contributed by atoms with Crippen LogP contribution in [0.1, 0.15) is 23.6 Å². The predicted molar refractivity (Wildman–Crippen MR) is 113 cm³/mol. The van der Waals surface area contributed by atoms with Crippen LogP contribution in [0.15, 0.2) is 54.6 Å². The normalized spacial score (nSPS) is 14.7. The molecule has 2 aromatic carbocycles. The molecule has 1 saturated heterocycles. The molecule has 1 aliphatic heterocycles. The number of allylic oxidation sites excluding steroid dienone is 1. The number of ether oxygens (including phenoxy) is 1. The maximum atomic E-state index is 5.68. The summed E-state index contributed by atoms with van der Waals surface area (Å²) in [6.07, 6.45) is 4.09. The molecule has 4 heteroatoms. The second-order valence-electron chi connectivity index (χ2n) is 6.40. The van der Waals surface area contributed by atoms with Gasteiger partial charge in [0.1, 0.15) is 5.76 Å². The Morgan fingerprint density at radius 2 is 1.85 bits per heavy atom. The summed E-state index contributed by atoms with van der Waals surface area (Å²) in [7, 11) is 1.76. The van der Waals surface area contributed by atoms with E-state index < -0.39 is 0 Å². The number of benzene rings is 2. The molecule has 0 atom stereocenters. The number of piperazine rings is 1. The number of nitrogens with zero attached hydrogens (tertiary/aromatic N) is 1. The van der Waals surface area contributed by atoms with E-state index in [4.69, 9.17) is 4.74 Å². The van der Waals surface area contributed by atoms with Crippen LogP contribution in [0.5, 0.6) is 0 Å². The van der Waals surface area contributed by atoms with Crippen LogP contribution in [0, 0.1) is 0 Å². The summed E-state index contributed by atoms with van der Waals surface area (Å²) < 4.78 is 5.68. The Labute approximate surface area is 163 Å². The largest absolute Gasteiger partial charge is 0.496 e. The molecule has 0 unspecified atom stereocenters. The zero-order chi connectivity index (χ0) is 17.5. The molecule has 2 aromatic rings. The highest BCUT2D eigenvalue weighted by atomic mass is 35.5. The monoisotopic (exact) mass is 372 g/mol. The van der Waals surface area contributed by atoms with Crippen molar-refractivity contribution in [1.82, 2.24) is 5.32 Å². The molecule has 1 heterocycles. The highest BCUT2D eigenvalue weighted by Crippen LogP contribution is 2.27. The minimum absolute atomic E-state index is 0. The van der Waals surface area contributed by atoms with Gasteiger partial charge >= 0.3 is 0 Å². The van der Waals surface area contributed by atoms with E-state index in [1.165, 1.54) is 16.8 Å². The van der Waals surface area contributed by atoms with Crippen LogP contribution < -0.4 is 10.2 Å². The molecule has 0 aromatic heterocycles. The van der Waals surface area contributed by atoms with Crippen LogP contribution in [0.25, 0.3) is 5.76 Å². The van der Waals surface area contributed by atoms with Crippen molar-refractivity contribution in [3.05, 3.63) is 71.3 Å². The van der Waals surface area contributed by atoms with E-state index >= 15 is 0 Å². The van der Waals surface area contributed by atoms with Crippen molar-refractivity contribution in [2.75, 3.05) is 38.2 Å². The Kier molecular flexibility index (Phi) is 8.02. The fraction of sp³-hybridized carbons (Fsp3) is 0.364. The van der Waals surface area contributed by atoms with Gasteiger partial charge in [0.15, 0.2) is 0 Å². The number of anilines is 1. The number of aryl methyl sites for hydroxylation is 1. The molecule has 0 amide bonds. The summed E-state index contributed by atoms with van der Waals surface area (Å²) >= 11 is 0. The van der Waals surface area contributed by atoms with Crippen molar-refractivity contribution in [1.29, 1.82) is 0 Å². The number of methoxy groups -OCH3 is 1. The Morgan fingerprint density at radius 1 is 1.12 bits per heavy atom. The topological polar surface area (TPSA) is 24.5 Å². The molecule has 1 fully saturated rings. The molecule has 0 bridgehead atoms. The predicted octanol–water partition coefficient (Wildman–Crippen LogP) is 4.31. The van der Waals surface area contributed by atoms with Gasteiger partial charge in [-0.3, -0.25) is 0 Å². The summed E-state index contributed by atoms with van der Waals surface area (Å²) in [5.74, 6) is 0.949. The molecule has 0 spiro atoms. The third-order valence-electron chi connectivity index (χ3n) is 4.79. The summed E-state index contributed by atoms with van der Waals surface area (Å²) in [6.45, 7) is 6.50. The fourth-order valence-corrected chi connectivity index (χ4v) is 3.38. The number of rotatable bonds is 6.